The van der Waals surface area contributed by atoms with Crippen LogP contribution in [0.25, 0.3) is 22.6 Å². The van der Waals surface area contributed by atoms with Gasteiger partial charge in [0.05, 0.1) is 11.3 Å². The number of carbonyl (C=O) groups is 4. The van der Waals surface area contributed by atoms with Crippen molar-refractivity contribution >= 4 is 46.5 Å². The Balaban J connectivity index is 1.63. The van der Waals surface area contributed by atoms with Crippen molar-refractivity contribution in [1.29, 1.82) is 0 Å². The first-order chi connectivity index (χ1) is 20.9. The van der Waals surface area contributed by atoms with Gasteiger partial charge in [0.1, 0.15) is 30.0 Å². The van der Waals surface area contributed by atoms with Gasteiger partial charge in [0.2, 0.25) is 12.4 Å². The van der Waals surface area contributed by atoms with E-state index in [-0.39, 0.29) is 22.8 Å². The van der Waals surface area contributed by atoms with Crippen molar-refractivity contribution in [2.75, 3.05) is 6.61 Å². The number of aromatic nitrogens is 1. The molecule has 232 valence electrons. The molecule has 0 bridgehead atoms. The van der Waals surface area contributed by atoms with Crippen LogP contribution < -0.4 is 4.74 Å². The number of aliphatic hydroxyl groups is 1. The molecule has 0 unspecified atom stereocenters. The normalized spacial score (nSPS) is 21.6. The summed E-state index contributed by atoms with van der Waals surface area (Å²) in [6.45, 7) is 4.05. The molecular weight excluding hydrogens is 578 g/mol. The van der Waals surface area contributed by atoms with E-state index in [1.54, 1.807) is 12.3 Å². The van der Waals surface area contributed by atoms with Crippen LogP contribution in [0.2, 0.25) is 0 Å². The molecule has 0 radical (unpaired) electrons. The predicted molar refractivity (Wildman–Crippen MR) is 153 cm³/mol. The second-order valence-corrected chi connectivity index (χ2v) is 9.85. The van der Waals surface area contributed by atoms with Gasteiger partial charge in [0.15, 0.2) is 12.2 Å². The minimum Gasteiger partial charge on any atom is -0.507 e. The number of phenols is 1. The van der Waals surface area contributed by atoms with E-state index < -0.39 is 61.2 Å². The SMILES string of the molecule is CC(=O)OC[C@@H]1O[C@H](Oc2ccc(/C(O)=C\c3cc4ccccc4cn3)c(O)c2)[C@@H](OC(C)=O)[C@H](OC(C)=O)[C@H]1OC(C)=O. The average Bonchev–Trinajstić information content (AvgIpc) is 2.94. The van der Waals surface area contributed by atoms with Crippen LogP contribution in [0.5, 0.6) is 11.5 Å². The van der Waals surface area contributed by atoms with Crippen molar-refractivity contribution in [3.8, 4) is 11.5 Å². The molecule has 3 aromatic rings. The number of aliphatic hydroxyl groups excluding tert-OH is 1. The maximum atomic E-state index is 12.0. The highest BCUT2D eigenvalue weighted by atomic mass is 16.7. The van der Waals surface area contributed by atoms with E-state index in [2.05, 4.69) is 4.98 Å². The molecule has 0 saturated carbocycles. The first-order valence-electron chi connectivity index (χ1n) is 13.5. The minimum absolute atomic E-state index is 0.00350. The summed E-state index contributed by atoms with van der Waals surface area (Å²) in [5, 5.41) is 23.3. The molecule has 1 aliphatic heterocycles. The van der Waals surface area contributed by atoms with Gasteiger partial charge in [-0.1, -0.05) is 24.3 Å². The molecule has 0 spiro atoms. The lowest BCUT2D eigenvalue weighted by molar-refractivity contribution is -0.288. The van der Waals surface area contributed by atoms with E-state index in [1.807, 2.05) is 24.3 Å². The summed E-state index contributed by atoms with van der Waals surface area (Å²) in [6.07, 6.45) is -3.87. The number of aromatic hydroxyl groups is 1. The largest absolute Gasteiger partial charge is 0.507 e. The van der Waals surface area contributed by atoms with Crippen LogP contribution in [0, 0.1) is 0 Å². The maximum Gasteiger partial charge on any atom is 0.303 e. The van der Waals surface area contributed by atoms with Crippen molar-refractivity contribution < 1.29 is 57.8 Å². The summed E-state index contributed by atoms with van der Waals surface area (Å²) in [7, 11) is 0. The number of esters is 4. The van der Waals surface area contributed by atoms with Crippen LogP contribution >= 0.6 is 0 Å². The molecule has 44 heavy (non-hydrogen) atoms. The molecule has 1 fully saturated rings. The number of pyridine rings is 1. The molecule has 1 aromatic heterocycles. The number of fused-ring (bicyclic) bond motifs is 1. The quantitative estimate of drug-likeness (QED) is 0.205. The Morgan fingerprint density at radius 2 is 1.48 bits per heavy atom. The number of nitrogens with zero attached hydrogens (tertiary/aromatic N) is 1. The van der Waals surface area contributed by atoms with Gasteiger partial charge >= 0.3 is 23.9 Å². The number of rotatable bonds is 9. The third kappa shape index (κ3) is 8.01. The highest BCUT2D eigenvalue weighted by Gasteiger charge is 2.53. The fourth-order valence-electron chi connectivity index (χ4n) is 4.62. The van der Waals surface area contributed by atoms with Gasteiger partial charge in [-0.15, -0.1) is 0 Å². The Morgan fingerprint density at radius 3 is 2.11 bits per heavy atom. The topological polar surface area (TPSA) is 177 Å². The fourth-order valence-corrected chi connectivity index (χ4v) is 4.62. The van der Waals surface area contributed by atoms with Gasteiger partial charge in [0.25, 0.3) is 0 Å². The minimum atomic E-state index is -1.49. The Kier molecular flexibility index (Phi) is 10.0. The molecule has 2 N–H and O–H groups in total. The summed E-state index contributed by atoms with van der Waals surface area (Å²) in [6, 6.07) is 13.3. The van der Waals surface area contributed by atoms with E-state index in [4.69, 9.17) is 28.4 Å². The number of hydrogen-bond donors (Lipinski definition) is 2. The molecule has 2 heterocycles. The highest BCUT2D eigenvalue weighted by Crippen LogP contribution is 2.34. The van der Waals surface area contributed by atoms with Crippen molar-refractivity contribution in [3.63, 3.8) is 0 Å². The Bertz CT molecular complexity index is 1580. The van der Waals surface area contributed by atoms with E-state index in [0.29, 0.717) is 5.69 Å². The van der Waals surface area contributed by atoms with Crippen molar-refractivity contribution in [2.45, 2.75) is 58.4 Å². The first kappa shape index (κ1) is 31.8. The summed E-state index contributed by atoms with van der Waals surface area (Å²) in [4.78, 5) is 51.8. The molecule has 1 saturated heterocycles. The number of carbonyl (C=O) groups excluding carboxylic acids is 4. The van der Waals surface area contributed by atoms with Gasteiger partial charge in [0, 0.05) is 51.4 Å². The summed E-state index contributed by atoms with van der Waals surface area (Å²) < 4.78 is 33.0. The number of ether oxygens (including phenoxy) is 6. The van der Waals surface area contributed by atoms with Crippen molar-refractivity contribution in [2.24, 2.45) is 0 Å². The smallest absolute Gasteiger partial charge is 0.303 e. The van der Waals surface area contributed by atoms with Gasteiger partial charge in [-0.2, -0.15) is 0 Å². The Hall–Kier alpha value is -5.17. The van der Waals surface area contributed by atoms with E-state index in [9.17, 15) is 29.4 Å². The predicted octanol–water partition coefficient (Wildman–Crippen LogP) is 3.46. The second-order valence-electron chi connectivity index (χ2n) is 9.85. The number of benzene rings is 2. The van der Waals surface area contributed by atoms with Gasteiger partial charge in [-0.3, -0.25) is 24.2 Å². The van der Waals surface area contributed by atoms with Crippen LogP contribution in [0.3, 0.4) is 0 Å². The maximum absolute atomic E-state index is 12.0. The summed E-state index contributed by atoms with van der Waals surface area (Å²) >= 11 is 0. The van der Waals surface area contributed by atoms with Crippen LogP contribution in [0.1, 0.15) is 39.0 Å². The lowest BCUT2D eigenvalue weighted by atomic mass is 9.98. The van der Waals surface area contributed by atoms with Crippen LogP contribution in [-0.4, -0.2) is 76.4 Å². The molecular formula is C31H31NO12. The number of hydrogen-bond acceptors (Lipinski definition) is 13. The Labute approximate surface area is 251 Å². The van der Waals surface area contributed by atoms with Crippen molar-refractivity contribution in [1.82, 2.24) is 4.98 Å². The van der Waals surface area contributed by atoms with E-state index >= 15 is 0 Å². The third-order valence-electron chi connectivity index (χ3n) is 6.38. The van der Waals surface area contributed by atoms with E-state index in [0.717, 1.165) is 38.5 Å². The molecule has 1 aliphatic rings. The standard InChI is InChI=1S/C31H31NO12/c1-16(33)39-15-27-28(40-17(2)34)29(41-18(3)35)30(42-19(4)36)31(44-27)43-23-9-10-24(26(38)13-23)25(37)12-22-11-20-7-5-6-8-21(20)14-32-22/h5-14,27-31,37-38H,15H2,1-4H3/b25-12+/t27-,28-,29+,30-,31-/m0/s1. The third-order valence-corrected chi connectivity index (χ3v) is 6.38. The van der Waals surface area contributed by atoms with E-state index in [1.165, 1.54) is 24.3 Å². The lowest BCUT2D eigenvalue weighted by Gasteiger charge is -2.43. The van der Waals surface area contributed by atoms with Crippen LogP contribution in [0.15, 0.2) is 54.7 Å². The van der Waals surface area contributed by atoms with Crippen LogP contribution in [-0.2, 0) is 42.9 Å². The second kappa shape index (κ2) is 13.9. The molecule has 0 amide bonds. The fraction of sp³-hybridized carbons (Fsp3) is 0.323. The van der Waals surface area contributed by atoms with Gasteiger partial charge < -0.3 is 38.6 Å². The molecule has 4 rings (SSSR count). The van der Waals surface area contributed by atoms with Gasteiger partial charge in [-0.25, -0.2) is 0 Å². The van der Waals surface area contributed by atoms with Crippen LogP contribution in [0.4, 0.5) is 0 Å². The molecule has 13 nitrogen and oxygen atoms in total. The monoisotopic (exact) mass is 609 g/mol. The molecule has 5 atom stereocenters. The zero-order valence-corrected chi connectivity index (χ0v) is 24.3. The van der Waals surface area contributed by atoms with Gasteiger partial charge in [-0.05, 0) is 23.6 Å². The Morgan fingerprint density at radius 1 is 0.841 bits per heavy atom. The highest BCUT2D eigenvalue weighted by molar-refractivity contribution is 5.86. The number of phenolic OH excluding ortho intramolecular Hbond substituents is 1. The van der Waals surface area contributed by atoms with Crippen molar-refractivity contribution in [3.05, 3.63) is 66.0 Å². The lowest BCUT2D eigenvalue weighted by Crippen LogP contribution is -2.63. The molecule has 0 aliphatic carbocycles. The average molecular weight is 610 g/mol. The summed E-state index contributed by atoms with van der Waals surface area (Å²) in [5.41, 5.74) is 0.521. The first-order valence-corrected chi connectivity index (χ1v) is 13.5. The zero-order valence-electron chi connectivity index (χ0n) is 24.3. The zero-order chi connectivity index (χ0) is 32.0. The molecule has 13 heteroatoms. The molecule has 2 aromatic carbocycles. The summed E-state index contributed by atoms with van der Waals surface area (Å²) in [5.74, 6) is -3.65.